The quantitative estimate of drug-likeness (QED) is 0.651. The van der Waals surface area contributed by atoms with Gasteiger partial charge >= 0.3 is 0 Å². The Labute approximate surface area is 116 Å². The van der Waals surface area contributed by atoms with Crippen LogP contribution < -0.4 is 0 Å². The maximum absolute atomic E-state index is 3.85. The van der Waals surface area contributed by atoms with Crippen molar-refractivity contribution in [2.24, 2.45) is 0 Å². The average Bonchev–Trinajstić information content (AvgIpc) is 2.88. The molecule has 0 heterocycles. The second-order valence-electron chi connectivity index (χ2n) is 4.92. The van der Waals surface area contributed by atoms with Crippen molar-refractivity contribution < 1.29 is 0 Å². The van der Waals surface area contributed by atoms with Crippen molar-refractivity contribution in [1.82, 2.24) is 0 Å². The fourth-order valence-corrected chi connectivity index (χ4v) is 2.14. The Balaban J connectivity index is 0.000000141. The highest BCUT2D eigenvalue weighted by atomic mass is 14.0. The van der Waals surface area contributed by atoms with Gasteiger partial charge in [0.1, 0.15) is 0 Å². The molecule has 0 nitrogen and oxygen atoms in total. The lowest BCUT2D eigenvalue weighted by Crippen LogP contribution is -1.82. The van der Waals surface area contributed by atoms with Crippen LogP contribution in [0.15, 0.2) is 72.8 Å². The Morgan fingerprint density at radius 1 is 1.00 bits per heavy atom. The van der Waals surface area contributed by atoms with Crippen LogP contribution in [-0.2, 0) is 12.8 Å². The number of allylic oxidation sites excluding steroid dienone is 2. The average molecular weight is 248 g/mol. The van der Waals surface area contributed by atoms with Crippen molar-refractivity contribution in [2.45, 2.75) is 19.8 Å². The molecule has 0 atom stereocenters. The summed E-state index contributed by atoms with van der Waals surface area (Å²) in [6.45, 7) is 5.90. The van der Waals surface area contributed by atoms with Gasteiger partial charge in [-0.3, -0.25) is 0 Å². The maximum atomic E-state index is 3.85. The topological polar surface area (TPSA) is 0 Å². The van der Waals surface area contributed by atoms with Crippen LogP contribution >= 0.6 is 0 Å². The van der Waals surface area contributed by atoms with Crippen LogP contribution in [0.2, 0.25) is 0 Å². The van der Waals surface area contributed by atoms with E-state index in [1.165, 1.54) is 22.3 Å². The highest BCUT2D eigenvalue weighted by molar-refractivity contribution is 5.59. The normalized spacial score (nSPS) is 11.4. The molecule has 0 unspecified atom stereocenters. The molecule has 2 aromatic carbocycles. The molecule has 0 radical (unpaired) electrons. The molecule has 0 saturated heterocycles. The first-order valence-corrected chi connectivity index (χ1v) is 6.68. The number of benzene rings is 2. The summed E-state index contributed by atoms with van der Waals surface area (Å²) in [4.78, 5) is 0. The van der Waals surface area contributed by atoms with Gasteiger partial charge in [-0.15, -0.1) is 0 Å². The molecule has 1 aliphatic rings. The van der Waals surface area contributed by atoms with Gasteiger partial charge in [-0.2, -0.15) is 0 Å². The molecular formula is C19H20. The number of hydrogen-bond donors (Lipinski definition) is 0. The molecule has 3 rings (SSSR count). The summed E-state index contributed by atoms with van der Waals surface area (Å²) in [7, 11) is 0. The summed E-state index contributed by atoms with van der Waals surface area (Å²) in [6, 6.07) is 18.9. The lowest BCUT2D eigenvalue weighted by atomic mass is 10.1. The molecule has 19 heavy (non-hydrogen) atoms. The first kappa shape index (κ1) is 13.4. The third kappa shape index (κ3) is 4.26. The summed E-state index contributed by atoms with van der Waals surface area (Å²) < 4.78 is 0. The Bertz CT molecular complexity index is 562. The van der Waals surface area contributed by atoms with Crippen molar-refractivity contribution in [3.05, 3.63) is 89.5 Å². The highest BCUT2D eigenvalue weighted by Gasteiger charge is 2.00. The van der Waals surface area contributed by atoms with E-state index in [9.17, 15) is 0 Å². The van der Waals surface area contributed by atoms with E-state index in [1.54, 1.807) is 0 Å². The van der Waals surface area contributed by atoms with Crippen LogP contribution in [0.3, 0.4) is 0 Å². The molecular weight excluding hydrogens is 228 g/mol. The summed E-state index contributed by atoms with van der Waals surface area (Å²) in [5.74, 6) is 0. The second-order valence-corrected chi connectivity index (χ2v) is 4.92. The molecule has 1 aliphatic carbocycles. The van der Waals surface area contributed by atoms with Crippen molar-refractivity contribution in [1.29, 1.82) is 0 Å². The largest absolute Gasteiger partial charge is 0.0998 e. The van der Waals surface area contributed by atoms with Crippen LogP contribution in [-0.4, -0.2) is 0 Å². The number of rotatable bonds is 2. The first-order valence-electron chi connectivity index (χ1n) is 6.68. The van der Waals surface area contributed by atoms with E-state index in [0.717, 1.165) is 12.8 Å². The van der Waals surface area contributed by atoms with E-state index in [2.05, 4.69) is 67.3 Å². The Hall–Kier alpha value is -2.08. The van der Waals surface area contributed by atoms with Crippen LogP contribution in [0.4, 0.5) is 0 Å². The monoisotopic (exact) mass is 248 g/mol. The Kier molecular flexibility index (Phi) is 4.74. The number of hydrogen-bond acceptors (Lipinski definition) is 0. The zero-order chi connectivity index (χ0) is 13.5. The Morgan fingerprint density at radius 2 is 1.68 bits per heavy atom. The SMILES string of the molecule is C1=Cc2ccccc2C1.C=C(C)Cc1ccccc1. The fraction of sp³-hybridized carbons (Fsp3) is 0.158. The van der Waals surface area contributed by atoms with Gasteiger partial charge < -0.3 is 0 Å². The van der Waals surface area contributed by atoms with E-state index >= 15 is 0 Å². The van der Waals surface area contributed by atoms with Gasteiger partial charge in [0.25, 0.3) is 0 Å². The predicted octanol–water partition coefficient (Wildman–Crippen LogP) is 5.06. The minimum Gasteiger partial charge on any atom is -0.0998 e. The molecule has 0 amide bonds. The first-order chi connectivity index (χ1) is 9.25. The second kappa shape index (κ2) is 6.75. The minimum absolute atomic E-state index is 1.00. The van der Waals surface area contributed by atoms with Gasteiger partial charge in [-0.25, -0.2) is 0 Å². The fourth-order valence-electron chi connectivity index (χ4n) is 2.14. The van der Waals surface area contributed by atoms with Crippen molar-refractivity contribution in [2.75, 3.05) is 0 Å². The molecule has 0 saturated carbocycles. The Morgan fingerprint density at radius 3 is 2.37 bits per heavy atom. The van der Waals surface area contributed by atoms with Crippen LogP contribution in [0, 0.1) is 0 Å². The van der Waals surface area contributed by atoms with Gasteiger partial charge in [0, 0.05) is 0 Å². The van der Waals surface area contributed by atoms with Crippen molar-refractivity contribution >= 4 is 6.08 Å². The molecule has 0 fully saturated rings. The lowest BCUT2D eigenvalue weighted by molar-refractivity contribution is 1.15. The van der Waals surface area contributed by atoms with Gasteiger partial charge in [-0.05, 0) is 36.5 Å². The molecule has 0 aromatic heterocycles. The molecule has 96 valence electrons. The van der Waals surface area contributed by atoms with Crippen LogP contribution in [0.1, 0.15) is 23.6 Å². The van der Waals surface area contributed by atoms with Crippen LogP contribution in [0.5, 0.6) is 0 Å². The van der Waals surface area contributed by atoms with Gasteiger partial charge in [0.05, 0.1) is 0 Å². The minimum atomic E-state index is 1.00. The zero-order valence-electron chi connectivity index (χ0n) is 11.5. The third-order valence-electron chi connectivity index (χ3n) is 3.04. The highest BCUT2D eigenvalue weighted by Crippen LogP contribution is 2.17. The maximum Gasteiger partial charge on any atom is -0.00726 e. The van der Waals surface area contributed by atoms with E-state index in [-0.39, 0.29) is 0 Å². The smallest absolute Gasteiger partial charge is 0.00726 e. The van der Waals surface area contributed by atoms with E-state index < -0.39 is 0 Å². The molecule has 0 heteroatoms. The molecule has 2 aromatic rings. The molecule has 0 aliphatic heterocycles. The molecule has 0 spiro atoms. The molecule has 0 N–H and O–H groups in total. The summed E-state index contributed by atoms with van der Waals surface area (Å²) in [5.41, 5.74) is 5.40. The van der Waals surface area contributed by atoms with Gasteiger partial charge in [-0.1, -0.05) is 78.9 Å². The summed E-state index contributed by atoms with van der Waals surface area (Å²) >= 11 is 0. The standard InChI is InChI=1S/C10H12.C9H8/c1-9(2)8-10-6-4-3-5-7-10;1-2-5-9-7-3-6-8(9)4-1/h3-7H,1,8H2,2H3;1-6H,7H2. The van der Waals surface area contributed by atoms with Crippen LogP contribution in [0.25, 0.3) is 6.08 Å². The number of fused-ring (bicyclic) bond motifs is 1. The summed E-state index contributed by atoms with van der Waals surface area (Å²) in [5, 5.41) is 0. The van der Waals surface area contributed by atoms with E-state index in [4.69, 9.17) is 0 Å². The predicted molar refractivity (Wildman–Crippen MR) is 84.1 cm³/mol. The zero-order valence-corrected chi connectivity index (χ0v) is 11.5. The summed E-state index contributed by atoms with van der Waals surface area (Å²) in [6.07, 6.45) is 6.50. The molecule has 0 bridgehead atoms. The third-order valence-corrected chi connectivity index (χ3v) is 3.04. The van der Waals surface area contributed by atoms with Crippen molar-refractivity contribution in [3.8, 4) is 0 Å². The van der Waals surface area contributed by atoms with Gasteiger partial charge in [0.2, 0.25) is 0 Å². The lowest BCUT2D eigenvalue weighted by Gasteiger charge is -1.97. The van der Waals surface area contributed by atoms with Crippen molar-refractivity contribution in [3.63, 3.8) is 0 Å². The van der Waals surface area contributed by atoms with E-state index in [0.29, 0.717) is 0 Å². The van der Waals surface area contributed by atoms with E-state index in [1.807, 2.05) is 13.0 Å². The van der Waals surface area contributed by atoms with Gasteiger partial charge in [0.15, 0.2) is 0 Å².